The Morgan fingerprint density at radius 1 is 1.04 bits per heavy atom. The smallest absolute Gasteiger partial charge is 0.132 e. The van der Waals surface area contributed by atoms with Crippen LogP contribution in [-0.4, -0.2) is 28.9 Å². The number of aliphatic hydroxyl groups excluding tert-OH is 1. The predicted molar refractivity (Wildman–Crippen MR) is 95.4 cm³/mol. The molecule has 1 aromatic heterocycles. The van der Waals surface area contributed by atoms with Crippen molar-refractivity contribution in [1.82, 2.24) is 4.57 Å². The molecule has 1 N–H and O–H groups in total. The number of aliphatic hydroxyl groups is 1. The van der Waals surface area contributed by atoms with Crippen molar-refractivity contribution in [1.29, 1.82) is 0 Å². The van der Waals surface area contributed by atoms with Crippen LogP contribution in [0, 0.1) is 12.7 Å². The zero-order valence-corrected chi connectivity index (χ0v) is 13.7. The van der Waals surface area contributed by atoms with Crippen molar-refractivity contribution in [2.24, 2.45) is 0 Å². The number of hydrogen-bond donors (Lipinski definition) is 1. The summed E-state index contributed by atoms with van der Waals surface area (Å²) < 4.78 is 16.1. The van der Waals surface area contributed by atoms with E-state index in [-0.39, 0.29) is 11.9 Å². The second-order valence-electron chi connectivity index (χ2n) is 6.55. The zero-order valence-electron chi connectivity index (χ0n) is 13.7. The van der Waals surface area contributed by atoms with Gasteiger partial charge in [0.05, 0.1) is 11.6 Å². The Labute approximate surface area is 140 Å². The van der Waals surface area contributed by atoms with Gasteiger partial charge in [-0.15, -0.1) is 0 Å². The normalized spacial score (nSPS) is 16.0. The lowest BCUT2D eigenvalue weighted by Crippen LogP contribution is -2.35. The molecule has 3 aromatic rings. The van der Waals surface area contributed by atoms with Gasteiger partial charge in [0.25, 0.3) is 0 Å². The van der Waals surface area contributed by atoms with Gasteiger partial charge < -0.3 is 14.6 Å². The Bertz CT molecular complexity index is 878. The second kappa shape index (κ2) is 5.95. The number of nitrogens with zero attached hydrogens (tertiary/aromatic N) is 2. The van der Waals surface area contributed by atoms with E-state index < -0.39 is 0 Å². The van der Waals surface area contributed by atoms with Crippen molar-refractivity contribution in [3.63, 3.8) is 0 Å². The molecule has 1 aliphatic rings. The molecule has 4 rings (SSSR count). The fraction of sp³-hybridized carbons (Fsp3) is 0.300. The van der Waals surface area contributed by atoms with Crippen molar-refractivity contribution in [3.8, 4) is 5.69 Å². The zero-order chi connectivity index (χ0) is 16.7. The lowest BCUT2D eigenvalue weighted by molar-refractivity contribution is 0.145. The largest absolute Gasteiger partial charge is 0.393 e. The molecule has 0 atom stereocenters. The van der Waals surface area contributed by atoms with Gasteiger partial charge >= 0.3 is 0 Å². The van der Waals surface area contributed by atoms with E-state index in [2.05, 4.69) is 21.6 Å². The van der Waals surface area contributed by atoms with E-state index in [4.69, 9.17) is 0 Å². The summed E-state index contributed by atoms with van der Waals surface area (Å²) in [6.45, 7) is 3.74. The molecule has 0 amide bonds. The van der Waals surface area contributed by atoms with Crippen LogP contribution in [0.4, 0.5) is 10.1 Å². The van der Waals surface area contributed by atoms with Crippen molar-refractivity contribution >= 4 is 16.6 Å². The molecule has 1 saturated heterocycles. The van der Waals surface area contributed by atoms with Crippen molar-refractivity contribution in [2.45, 2.75) is 25.9 Å². The van der Waals surface area contributed by atoms with Crippen LogP contribution in [0.15, 0.2) is 48.7 Å². The Hall–Kier alpha value is -2.33. The van der Waals surface area contributed by atoms with Crippen molar-refractivity contribution < 1.29 is 9.50 Å². The molecule has 0 bridgehead atoms. The lowest BCUT2D eigenvalue weighted by Gasteiger charge is -2.31. The summed E-state index contributed by atoms with van der Waals surface area (Å²) in [6, 6.07) is 13.5. The number of anilines is 1. The van der Waals surface area contributed by atoms with Crippen LogP contribution in [0.2, 0.25) is 0 Å². The van der Waals surface area contributed by atoms with Crippen molar-refractivity contribution in [2.75, 3.05) is 18.0 Å². The van der Waals surface area contributed by atoms with E-state index in [1.807, 2.05) is 37.4 Å². The minimum absolute atomic E-state index is 0.177. The van der Waals surface area contributed by atoms with Gasteiger partial charge in [-0.1, -0.05) is 12.1 Å². The molecule has 2 aromatic carbocycles. The molecule has 3 nitrogen and oxygen atoms in total. The highest BCUT2D eigenvalue weighted by atomic mass is 19.1. The summed E-state index contributed by atoms with van der Waals surface area (Å²) in [5, 5.41) is 10.3. The van der Waals surface area contributed by atoms with Crippen LogP contribution in [0.1, 0.15) is 18.4 Å². The van der Waals surface area contributed by atoms with Gasteiger partial charge in [-0.05, 0) is 55.7 Å². The van der Waals surface area contributed by atoms with E-state index in [1.165, 1.54) is 6.07 Å². The van der Waals surface area contributed by atoms with E-state index in [0.29, 0.717) is 5.39 Å². The SMILES string of the molecule is Cc1ccc(F)c2ccn(-c3cccc(N4CCC(O)CC4)c3)c12. The molecular weight excluding hydrogens is 303 g/mol. The molecule has 0 aliphatic carbocycles. The molecule has 24 heavy (non-hydrogen) atoms. The molecule has 4 heteroatoms. The predicted octanol–water partition coefficient (Wildman–Crippen LogP) is 4.04. The molecule has 0 radical (unpaired) electrons. The van der Waals surface area contributed by atoms with Gasteiger partial charge in [-0.25, -0.2) is 4.39 Å². The Morgan fingerprint density at radius 2 is 1.79 bits per heavy atom. The highest BCUT2D eigenvalue weighted by molar-refractivity contribution is 5.85. The lowest BCUT2D eigenvalue weighted by atomic mass is 10.1. The molecule has 124 valence electrons. The Morgan fingerprint density at radius 3 is 2.58 bits per heavy atom. The third kappa shape index (κ3) is 2.57. The average molecular weight is 324 g/mol. The first-order valence-electron chi connectivity index (χ1n) is 8.43. The first-order chi connectivity index (χ1) is 11.6. The fourth-order valence-corrected chi connectivity index (χ4v) is 3.57. The Kier molecular flexibility index (Phi) is 3.77. The fourth-order valence-electron chi connectivity index (χ4n) is 3.57. The van der Waals surface area contributed by atoms with E-state index in [9.17, 15) is 9.50 Å². The second-order valence-corrected chi connectivity index (χ2v) is 6.55. The molecule has 0 saturated carbocycles. The minimum atomic E-state index is -0.185. The number of aryl methyl sites for hydroxylation is 1. The molecular formula is C20H21FN2O. The van der Waals surface area contributed by atoms with Crippen LogP contribution in [0.3, 0.4) is 0 Å². The number of halogens is 1. The maximum Gasteiger partial charge on any atom is 0.132 e. The van der Waals surface area contributed by atoms with Gasteiger partial charge in [-0.2, -0.15) is 0 Å². The maximum absolute atomic E-state index is 14.1. The number of hydrogen-bond acceptors (Lipinski definition) is 2. The summed E-state index contributed by atoms with van der Waals surface area (Å²) in [5.74, 6) is -0.185. The van der Waals surface area contributed by atoms with Crippen LogP contribution in [0.25, 0.3) is 16.6 Å². The molecule has 0 unspecified atom stereocenters. The molecule has 1 aliphatic heterocycles. The number of fused-ring (bicyclic) bond motifs is 1. The van der Waals surface area contributed by atoms with E-state index in [1.54, 1.807) is 0 Å². The number of aromatic nitrogens is 1. The Balaban J connectivity index is 1.75. The summed E-state index contributed by atoms with van der Waals surface area (Å²) in [6.07, 6.45) is 3.37. The summed E-state index contributed by atoms with van der Waals surface area (Å²) >= 11 is 0. The van der Waals surface area contributed by atoms with Gasteiger partial charge in [0, 0.05) is 36.0 Å². The third-order valence-corrected chi connectivity index (χ3v) is 4.93. The minimum Gasteiger partial charge on any atom is -0.393 e. The van der Waals surface area contributed by atoms with Crippen LogP contribution in [-0.2, 0) is 0 Å². The molecule has 2 heterocycles. The highest BCUT2D eigenvalue weighted by Gasteiger charge is 2.18. The standard InChI is InChI=1S/C20H21FN2O/c1-14-5-6-19(21)18-9-12-23(20(14)18)16-4-2-3-15(13-16)22-10-7-17(24)8-11-22/h2-6,9,12-13,17,24H,7-8,10-11H2,1H3. The summed E-state index contributed by atoms with van der Waals surface area (Å²) in [4.78, 5) is 2.30. The van der Waals surface area contributed by atoms with Crippen LogP contribution >= 0.6 is 0 Å². The number of piperidine rings is 1. The van der Waals surface area contributed by atoms with Crippen LogP contribution < -0.4 is 4.90 Å². The quantitative estimate of drug-likeness (QED) is 0.770. The van der Waals surface area contributed by atoms with Gasteiger partial charge in [0.2, 0.25) is 0 Å². The van der Waals surface area contributed by atoms with Crippen LogP contribution in [0.5, 0.6) is 0 Å². The molecule has 0 spiro atoms. The highest BCUT2D eigenvalue weighted by Crippen LogP contribution is 2.28. The molecule has 1 fully saturated rings. The maximum atomic E-state index is 14.1. The average Bonchev–Trinajstić information content (AvgIpc) is 3.05. The van der Waals surface area contributed by atoms with Gasteiger partial charge in [-0.3, -0.25) is 0 Å². The van der Waals surface area contributed by atoms with Crippen molar-refractivity contribution in [3.05, 3.63) is 60.0 Å². The number of benzene rings is 2. The summed E-state index contributed by atoms with van der Waals surface area (Å²) in [5.41, 5.74) is 4.15. The summed E-state index contributed by atoms with van der Waals surface area (Å²) in [7, 11) is 0. The van der Waals surface area contributed by atoms with E-state index in [0.717, 1.165) is 48.4 Å². The van der Waals surface area contributed by atoms with E-state index >= 15 is 0 Å². The van der Waals surface area contributed by atoms with Gasteiger partial charge in [0.15, 0.2) is 0 Å². The first-order valence-corrected chi connectivity index (χ1v) is 8.43. The third-order valence-electron chi connectivity index (χ3n) is 4.93. The number of rotatable bonds is 2. The first kappa shape index (κ1) is 15.2. The van der Waals surface area contributed by atoms with Gasteiger partial charge in [0.1, 0.15) is 5.82 Å². The topological polar surface area (TPSA) is 28.4 Å². The monoisotopic (exact) mass is 324 g/mol.